The Morgan fingerprint density at radius 3 is 2.51 bits per heavy atom. The van der Waals surface area contributed by atoms with Crippen molar-refractivity contribution in [1.82, 2.24) is 15.5 Å². The molecule has 1 atom stereocenters. The van der Waals surface area contributed by atoms with Crippen molar-refractivity contribution in [2.75, 3.05) is 18.8 Å². The predicted molar refractivity (Wildman–Crippen MR) is 132 cm³/mol. The molecule has 0 aromatic heterocycles. The highest BCUT2D eigenvalue weighted by atomic mass is 35.5. The van der Waals surface area contributed by atoms with E-state index in [4.69, 9.17) is 28.3 Å². The van der Waals surface area contributed by atoms with E-state index in [2.05, 4.69) is 10.6 Å². The van der Waals surface area contributed by atoms with Crippen molar-refractivity contribution in [2.45, 2.75) is 43.5 Å². The Morgan fingerprint density at radius 1 is 1.19 bits per heavy atom. The lowest BCUT2D eigenvalue weighted by Gasteiger charge is -2.21. The fourth-order valence-electron chi connectivity index (χ4n) is 4.10. The molecule has 14 heteroatoms. The van der Waals surface area contributed by atoms with Crippen LogP contribution in [0.5, 0.6) is 0 Å². The topological polar surface area (TPSA) is 116 Å². The summed E-state index contributed by atoms with van der Waals surface area (Å²) >= 11 is 12.2. The molecule has 3 rings (SSSR count). The van der Waals surface area contributed by atoms with Crippen molar-refractivity contribution in [3.05, 3.63) is 62.6 Å². The van der Waals surface area contributed by atoms with Gasteiger partial charge in [0.05, 0.1) is 16.2 Å². The predicted octanol–water partition coefficient (Wildman–Crippen LogP) is 4.58. The zero-order valence-electron chi connectivity index (χ0n) is 19.5. The third kappa shape index (κ3) is 7.28. The Morgan fingerprint density at radius 2 is 1.89 bits per heavy atom. The lowest BCUT2D eigenvalue weighted by Crippen LogP contribution is -2.36. The minimum atomic E-state index is -4.82. The molecule has 8 nitrogen and oxygen atoms in total. The molecule has 2 aromatic carbocycles. The van der Waals surface area contributed by atoms with E-state index >= 15 is 0 Å². The number of carboxylic acid groups (broad SMARTS) is 1. The summed E-state index contributed by atoms with van der Waals surface area (Å²) in [7, 11) is -3.64. The number of hydrogen-bond donors (Lipinski definition) is 3. The summed E-state index contributed by atoms with van der Waals surface area (Å²) in [4.78, 5) is 25.2. The number of alkyl halides is 3. The van der Waals surface area contributed by atoms with Gasteiger partial charge in [-0.2, -0.15) is 13.2 Å². The molecule has 2 aromatic rings. The van der Waals surface area contributed by atoms with Crippen LogP contribution in [0.25, 0.3) is 0 Å². The van der Waals surface area contributed by atoms with Gasteiger partial charge in [-0.05, 0) is 47.9 Å². The van der Waals surface area contributed by atoms with E-state index in [1.165, 1.54) is 25.1 Å². The Hall–Kier alpha value is -2.54. The van der Waals surface area contributed by atoms with E-state index in [9.17, 15) is 31.2 Å². The van der Waals surface area contributed by atoms with E-state index in [0.29, 0.717) is 19.0 Å². The number of carbonyl (C=O) groups excluding carboxylic acids is 1. The number of halogens is 5. The molecule has 37 heavy (non-hydrogen) atoms. The summed E-state index contributed by atoms with van der Waals surface area (Å²) in [5.74, 6) is -1.07. The normalized spacial score (nSPS) is 16.5. The van der Waals surface area contributed by atoms with Crippen LogP contribution in [0.4, 0.5) is 18.0 Å². The first kappa shape index (κ1) is 29.0. The first-order valence-corrected chi connectivity index (χ1v) is 13.5. The van der Waals surface area contributed by atoms with Crippen LogP contribution in [0.2, 0.25) is 10.0 Å². The van der Waals surface area contributed by atoms with Crippen LogP contribution in [0.1, 0.15) is 40.4 Å². The van der Waals surface area contributed by atoms with Gasteiger partial charge in [-0.3, -0.25) is 9.69 Å². The van der Waals surface area contributed by atoms with Crippen molar-refractivity contribution in [1.29, 1.82) is 0 Å². The monoisotopic (exact) mass is 581 g/mol. The number of benzene rings is 2. The van der Waals surface area contributed by atoms with E-state index in [1.807, 2.05) is 0 Å². The average molecular weight is 582 g/mol. The number of likely N-dealkylation sites (tertiary alicyclic amines) is 1. The molecule has 1 saturated heterocycles. The molecule has 202 valence electrons. The highest BCUT2D eigenvalue weighted by Crippen LogP contribution is 2.37. The lowest BCUT2D eigenvalue weighted by atomic mass is 10.0. The smallest absolute Gasteiger partial charge is 0.416 e. The second-order valence-corrected chi connectivity index (χ2v) is 11.6. The highest BCUT2D eigenvalue weighted by molar-refractivity contribution is 7.91. The molecular weight excluding hydrogens is 558 g/mol. The molecule has 0 radical (unpaired) electrons. The second kappa shape index (κ2) is 11.5. The van der Waals surface area contributed by atoms with Crippen molar-refractivity contribution in [2.24, 2.45) is 0 Å². The number of sulfone groups is 1. The molecule has 0 spiro atoms. The molecule has 1 aliphatic rings. The lowest BCUT2D eigenvalue weighted by molar-refractivity contribution is -0.138. The fraction of sp³-hybridized carbons (Fsp3) is 0.391. The standard InChI is InChI=1S/C23H24Cl2F3N3O5S/c1-2-37(35,36)20-4-3-15(24)7-14(20)10-29-21(32)13-8-18(23(26,27)28)17(19(25)9-13)12-31-6-5-16(11-31)30-22(33)34/h3-4,7-9,16,30H,2,5-6,10-12H2,1H3,(H,29,32)(H,33,34)/t16-/m0/s1. The molecule has 1 fully saturated rings. The number of nitrogens with zero attached hydrogens (tertiary/aromatic N) is 1. The summed E-state index contributed by atoms with van der Waals surface area (Å²) in [6.07, 6.45) is -5.60. The number of amides is 2. The van der Waals surface area contributed by atoms with Crippen LogP contribution >= 0.6 is 23.2 Å². The summed E-state index contributed by atoms with van der Waals surface area (Å²) in [6.45, 7) is 1.56. The quantitative estimate of drug-likeness (QED) is 0.420. The van der Waals surface area contributed by atoms with Gasteiger partial charge < -0.3 is 15.7 Å². The average Bonchev–Trinajstić information content (AvgIpc) is 3.23. The largest absolute Gasteiger partial charge is 0.465 e. The summed E-state index contributed by atoms with van der Waals surface area (Å²) in [5, 5.41) is 13.6. The minimum absolute atomic E-state index is 0.0367. The van der Waals surface area contributed by atoms with Crippen molar-refractivity contribution < 1.29 is 36.3 Å². The second-order valence-electron chi connectivity index (χ2n) is 8.49. The first-order valence-electron chi connectivity index (χ1n) is 11.1. The van der Waals surface area contributed by atoms with Gasteiger partial charge in [0.2, 0.25) is 0 Å². The van der Waals surface area contributed by atoms with Gasteiger partial charge in [0.1, 0.15) is 0 Å². The fourth-order valence-corrected chi connectivity index (χ4v) is 5.69. The highest BCUT2D eigenvalue weighted by Gasteiger charge is 2.36. The number of carbonyl (C=O) groups is 2. The molecule has 0 unspecified atom stereocenters. The molecule has 1 heterocycles. The van der Waals surface area contributed by atoms with Crippen molar-refractivity contribution in [3.8, 4) is 0 Å². The van der Waals surface area contributed by atoms with Crippen LogP contribution in [-0.2, 0) is 29.1 Å². The van der Waals surface area contributed by atoms with Gasteiger partial charge in [0, 0.05) is 47.8 Å². The Kier molecular flexibility index (Phi) is 8.99. The van der Waals surface area contributed by atoms with Gasteiger partial charge in [0.15, 0.2) is 9.84 Å². The number of rotatable bonds is 8. The zero-order valence-corrected chi connectivity index (χ0v) is 21.9. The maximum absolute atomic E-state index is 13.9. The van der Waals surface area contributed by atoms with Gasteiger partial charge in [-0.25, -0.2) is 13.2 Å². The maximum Gasteiger partial charge on any atom is 0.416 e. The summed E-state index contributed by atoms with van der Waals surface area (Å²) in [5.41, 5.74) is -1.47. The molecule has 0 bridgehead atoms. The van der Waals surface area contributed by atoms with Crippen LogP contribution in [0.15, 0.2) is 35.2 Å². The molecular formula is C23H24Cl2F3N3O5S. The van der Waals surface area contributed by atoms with Crippen LogP contribution < -0.4 is 10.6 Å². The van der Waals surface area contributed by atoms with Crippen LogP contribution in [0.3, 0.4) is 0 Å². The Balaban J connectivity index is 1.84. The number of nitrogens with one attached hydrogen (secondary N) is 2. The Labute approximate surface area is 221 Å². The molecule has 3 N–H and O–H groups in total. The van der Waals surface area contributed by atoms with Crippen molar-refractivity contribution in [3.63, 3.8) is 0 Å². The van der Waals surface area contributed by atoms with Gasteiger partial charge in [-0.1, -0.05) is 30.1 Å². The van der Waals surface area contributed by atoms with Crippen LogP contribution in [-0.4, -0.2) is 55.3 Å². The van der Waals surface area contributed by atoms with Crippen molar-refractivity contribution >= 4 is 45.0 Å². The molecule has 0 aliphatic carbocycles. The number of hydrogen-bond acceptors (Lipinski definition) is 5. The van der Waals surface area contributed by atoms with E-state index in [1.54, 1.807) is 4.90 Å². The Bertz CT molecular complexity index is 1310. The SMILES string of the molecule is CCS(=O)(=O)c1ccc(Cl)cc1CNC(=O)c1cc(Cl)c(CN2CC[C@H](NC(=O)O)C2)c(C(F)(F)F)c1. The zero-order chi connectivity index (χ0) is 27.5. The third-order valence-corrected chi connectivity index (χ3v) is 8.32. The molecule has 1 aliphatic heterocycles. The van der Waals surface area contributed by atoms with Gasteiger partial charge in [-0.15, -0.1) is 0 Å². The molecule has 0 saturated carbocycles. The summed E-state index contributed by atoms with van der Waals surface area (Å²) < 4.78 is 66.5. The van der Waals surface area contributed by atoms with Gasteiger partial charge >= 0.3 is 12.3 Å². The van der Waals surface area contributed by atoms with E-state index in [-0.39, 0.29) is 57.0 Å². The molecule has 2 amide bonds. The minimum Gasteiger partial charge on any atom is -0.465 e. The first-order chi connectivity index (χ1) is 17.2. The maximum atomic E-state index is 13.9. The van der Waals surface area contributed by atoms with Crippen LogP contribution in [0, 0.1) is 0 Å². The van der Waals surface area contributed by atoms with Gasteiger partial charge in [0.25, 0.3) is 5.91 Å². The third-order valence-electron chi connectivity index (χ3n) is 5.92. The van der Waals surface area contributed by atoms with E-state index in [0.717, 1.165) is 6.07 Å². The van der Waals surface area contributed by atoms with E-state index < -0.39 is 39.6 Å². The summed E-state index contributed by atoms with van der Waals surface area (Å²) in [6, 6.07) is 5.47.